The normalized spacial score (nSPS) is 11.3. The fourth-order valence-electron chi connectivity index (χ4n) is 3.46. The molecule has 0 radical (unpaired) electrons. The molecule has 1 N–H and O–H groups in total. The smallest absolute Gasteiger partial charge is 0.416 e. The molecule has 1 heterocycles. The van der Waals surface area contributed by atoms with E-state index in [1.54, 1.807) is 66.2 Å². The number of ether oxygens (including phenoxy) is 1. The maximum atomic E-state index is 13.0. The molecule has 0 aliphatic rings. The third-order valence-corrected chi connectivity index (χ3v) is 5.44. The van der Waals surface area contributed by atoms with Gasteiger partial charge in [-0.1, -0.05) is 41.9 Å². The van der Waals surface area contributed by atoms with Gasteiger partial charge < -0.3 is 10.1 Å². The van der Waals surface area contributed by atoms with Crippen molar-refractivity contribution in [2.45, 2.75) is 26.3 Å². The average molecular weight is 500 g/mol. The van der Waals surface area contributed by atoms with E-state index in [0.717, 1.165) is 17.7 Å². The van der Waals surface area contributed by atoms with Gasteiger partial charge in [0.1, 0.15) is 12.4 Å². The van der Waals surface area contributed by atoms with Gasteiger partial charge in [0.2, 0.25) is 0 Å². The minimum absolute atomic E-state index is 0.141. The molecule has 9 heteroatoms. The Bertz CT molecular complexity index is 1350. The van der Waals surface area contributed by atoms with Crippen LogP contribution in [0.5, 0.6) is 5.75 Å². The lowest BCUT2D eigenvalue weighted by atomic mass is 10.1. The molecule has 0 spiro atoms. The Morgan fingerprint density at radius 1 is 1.00 bits per heavy atom. The summed E-state index contributed by atoms with van der Waals surface area (Å²) in [5.74, 6) is 0.563. The fraction of sp³-hybridized carbons (Fsp3) is 0.154. The monoisotopic (exact) mass is 499 g/mol. The molecule has 0 bridgehead atoms. The number of hydrogen-bond acceptors (Lipinski definition) is 3. The first-order valence-corrected chi connectivity index (χ1v) is 11.0. The van der Waals surface area contributed by atoms with Crippen LogP contribution < -0.4 is 10.1 Å². The summed E-state index contributed by atoms with van der Waals surface area (Å²) in [5.41, 5.74) is 1.65. The van der Waals surface area contributed by atoms with Crippen LogP contribution >= 0.6 is 11.6 Å². The first-order valence-electron chi connectivity index (χ1n) is 10.7. The van der Waals surface area contributed by atoms with E-state index >= 15 is 0 Å². The Balaban J connectivity index is 1.42. The zero-order chi connectivity index (χ0) is 25.0. The zero-order valence-corrected chi connectivity index (χ0v) is 19.4. The Morgan fingerprint density at radius 2 is 1.74 bits per heavy atom. The van der Waals surface area contributed by atoms with Gasteiger partial charge in [-0.15, -0.1) is 0 Å². The van der Waals surface area contributed by atoms with Crippen LogP contribution in [0, 0.1) is 6.92 Å². The predicted octanol–water partition coefficient (Wildman–Crippen LogP) is 6.74. The average Bonchev–Trinajstić information content (AvgIpc) is 3.16. The second-order valence-electron chi connectivity index (χ2n) is 7.93. The number of nitrogens with zero attached hydrogens (tertiary/aromatic N) is 2. The van der Waals surface area contributed by atoms with Gasteiger partial charge >= 0.3 is 6.18 Å². The number of rotatable bonds is 7. The maximum absolute atomic E-state index is 13.0. The number of benzene rings is 3. The molecule has 0 saturated carbocycles. The van der Waals surface area contributed by atoms with Gasteiger partial charge in [0, 0.05) is 22.3 Å². The Kier molecular flexibility index (Phi) is 7.12. The van der Waals surface area contributed by atoms with Gasteiger partial charge in [-0.3, -0.25) is 9.48 Å². The van der Waals surface area contributed by atoms with Crippen molar-refractivity contribution in [3.05, 3.63) is 112 Å². The molecule has 0 aliphatic carbocycles. The standard InChI is InChI=1S/C26H21ClF3N3O2/c1-17-11-24(32-33(17)15-18-5-3-8-21(13-18)26(28,29)30)31-25(34)20-7-2-6-19(12-20)16-35-23-10-4-9-22(27)14-23/h2-14H,15-16H2,1H3,(H,31,32,34). The number of carbonyl (C=O) groups is 1. The highest BCUT2D eigenvalue weighted by Gasteiger charge is 2.30. The van der Waals surface area contributed by atoms with E-state index < -0.39 is 11.7 Å². The first kappa shape index (κ1) is 24.3. The van der Waals surface area contributed by atoms with Crippen LogP contribution in [0.1, 0.15) is 32.7 Å². The van der Waals surface area contributed by atoms with Crippen molar-refractivity contribution in [2.75, 3.05) is 5.32 Å². The molecule has 4 rings (SSSR count). The Hall–Kier alpha value is -3.78. The molecule has 0 unspecified atom stereocenters. The molecule has 3 aromatic carbocycles. The topological polar surface area (TPSA) is 56.1 Å². The largest absolute Gasteiger partial charge is 0.489 e. The molecular weight excluding hydrogens is 479 g/mol. The number of hydrogen-bond donors (Lipinski definition) is 1. The molecule has 1 amide bonds. The lowest BCUT2D eigenvalue weighted by Crippen LogP contribution is -2.13. The number of amides is 1. The van der Waals surface area contributed by atoms with Crippen molar-refractivity contribution in [2.24, 2.45) is 0 Å². The van der Waals surface area contributed by atoms with Crippen LogP contribution in [0.3, 0.4) is 0 Å². The SMILES string of the molecule is Cc1cc(NC(=O)c2cccc(COc3cccc(Cl)c3)c2)nn1Cc1cccc(C(F)(F)F)c1. The molecule has 180 valence electrons. The van der Waals surface area contributed by atoms with E-state index in [1.807, 2.05) is 6.07 Å². The van der Waals surface area contributed by atoms with Crippen molar-refractivity contribution in [3.63, 3.8) is 0 Å². The summed E-state index contributed by atoms with van der Waals surface area (Å²) in [4.78, 5) is 12.8. The summed E-state index contributed by atoms with van der Waals surface area (Å²) >= 11 is 5.97. The molecule has 0 fully saturated rings. The second-order valence-corrected chi connectivity index (χ2v) is 8.36. The quantitative estimate of drug-likeness (QED) is 0.306. The Labute approximate surface area is 205 Å². The van der Waals surface area contributed by atoms with Crippen molar-refractivity contribution >= 4 is 23.3 Å². The lowest BCUT2D eigenvalue weighted by molar-refractivity contribution is -0.137. The van der Waals surface area contributed by atoms with E-state index in [1.165, 1.54) is 6.07 Å². The molecular formula is C26H21ClF3N3O2. The Morgan fingerprint density at radius 3 is 2.51 bits per heavy atom. The third-order valence-electron chi connectivity index (χ3n) is 5.20. The third kappa shape index (κ3) is 6.42. The molecule has 4 aromatic rings. The number of aromatic nitrogens is 2. The van der Waals surface area contributed by atoms with E-state index in [0.29, 0.717) is 33.4 Å². The van der Waals surface area contributed by atoms with E-state index in [4.69, 9.17) is 16.3 Å². The number of nitrogens with one attached hydrogen (secondary N) is 1. The van der Waals surface area contributed by atoms with Crippen LogP contribution in [-0.4, -0.2) is 15.7 Å². The van der Waals surface area contributed by atoms with Gasteiger partial charge in [-0.2, -0.15) is 18.3 Å². The van der Waals surface area contributed by atoms with E-state index in [2.05, 4.69) is 10.4 Å². The van der Waals surface area contributed by atoms with E-state index in [9.17, 15) is 18.0 Å². The highest BCUT2D eigenvalue weighted by molar-refractivity contribution is 6.30. The second kappa shape index (κ2) is 10.2. The van der Waals surface area contributed by atoms with Crippen LogP contribution in [0.4, 0.5) is 19.0 Å². The lowest BCUT2D eigenvalue weighted by Gasteiger charge is -2.10. The number of halogens is 4. The van der Waals surface area contributed by atoms with Gasteiger partial charge in [0.15, 0.2) is 5.82 Å². The minimum atomic E-state index is -4.41. The maximum Gasteiger partial charge on any atom is 0.416 e. The number of aryl methyl sites for hydroxylation is 1. The van der Waals surface area contributed by atoms with Crippen molar-refractivity contribution < 1.29 is 22.7 Å². The van der Waals surface area contributed by atoms with Crippen molar-refractivity contribution in [1.82, 2.24) is 9.78 Å². The highest BCUT2D eigenvalue weighted by Crippen LogP contribution is 2.29. The van der Waals surface area contributed by atoms with Crippen LogP contribution in [0.2, 0.25) is 5.02 Å². The number of anilines is 1. The first-order chi connectivity index (χ1) is 16.7. The van der Waals surface area contributed by atoms with Crippen LogP contribution in [-0.2, 0) is 19.3 Å². The van der Waals surface area contributed by atoms with E-state index in [-0.39, 0.29) is 19.1 Å². The molecule has 1 aromatic heterocycles. The van der Waals surface area contributed by atoms with Gasteiger partial charge in [0.05, 0.1) is 12.1 Å². The predicted molar refractivity (Wildman–Crippen MR) is 128 cm³/mol. The summed E-state index contributed by atoms with van der Waals surface area (Å²) in [5, 5.41) is 7.64. The highest BCUT2D eigenvalue weighted by atomic mass is 35.5. The summed E-state index contributed by atoms with van der Waals surface area (Å²) < 4.78 is 46.2. The zero-order valence-electron chi connectivity index (χ0n) is 18.6. The van der Waals surface area contributed by atoms with Crippen molar-refractivity contribution in [3.8, 4) is 5.75 Å². The fourth-order valence-corrected chi connectivity index (χ4v) is 3.64. The molecule has 0 atom stereocenters. The number of alkyl halides is 3. The van der Waals surface area contributed by atoms with Crippen LogP contribution in [0.25, 0.3) is 0 Å². The molecule has 0 aliphatic heterocycles. The van der Waals surface area contributed by atoms with Gasteiger partial charge in [-0.25, -0.2) is 0 Å². The summed E-state index contributed by atoms with van der Waals surface area (Å²) in [7, 11) is 0. The van der Waals surface area contributed by atoms with Gasteiger partial charge in [-0.05, 0) is 60.5 Å². The molecule has 0 saturated heterocycles. The van der Waals surface area contributed by atoms with Gasteiger partial charge in [0.25, 0.3) is 5.91 Å². The summed E-state index contributed by atoms with van der Waals surface area (Å²) in [6.07, 6.45) is -4.41. The summed E-state index contributed by atoms with van der Waals surface area (Å²) in [6.45, 7) is 2.16. The van der Waals surface area contributed by atoms with Crippen molar-refractivity contribution in [1.29, 1.82) is 0 Å². The molecule has 5 nitrogen and oxygen atoms in total. The summed E-state index contributed by atoms with van der Waals surface area (Å²) in [6, 6.07) is 20.8. The molecule has 35 heavy (non-hydrogen) atoms. The number of carbonyl (C=O) groups excluding carboxylic acids is 1. The van der Waals surface area contributed by atoms with Crippen LogP contribution in [0.15, 0.2) is 78.9 Å². The minimum Gasteiger partial charge on any atom is -0.489 e.